The molecule has 0 aromatic rings. The predicted molar refractivity (Wildman–Crippen MR) is 46.4 cm³/mol. The minimum Gasteiger partial charge on any atom is -0.444 e. The number of carbonyl (C=O) groups excluding carboxylic acids is 1. The van der Waals surface area contributed by atoms with Crippen LogP contribution >= 0.6 is 0 Å². The van der Waals surface area contributed by atoms with E-state index >= 15 is 0 Å². The first-order valence-electron chi connectivity index (χ1n) is 4.87. The molecule has 0 aromatic heterocycles. The van der Waals surface area contributed by atoms with E-state index in [2.05, 4.69) is 5.32 Å². The minimum atomic E-state index is -0.276. The van der Waals surface area contributed by atoms with Crippen molar-refractivity contribution in [1.82, 2.24) is 5.32 Å². The highest BCUT2D eigenvalue weighted by Gasteiger charge is 2.26. The zero-order valence-corrected chi connectivity index (χ0v) is 7.62. The quantitative estimate of drug-likeness (QED) is 0.695. The number of ether oxygens (including phenoxy) is 2. The fourth-order valence-electron chi connectivity index (χ4n) is 1.93. The van der Waals surface area contributed by atoms with Crippen molar-refractivity contribution in [3.63, 3.8) is 0 Å². The van der Waals surface area contributed by atoms with E-state index in [1.165, 1.54) is 6.42 Å². The van der Waals surface area contributed by atoms with Gasteiger partial charge in [-0.15, -0.1) is 0 Å². The Kier molecular flexibility index (Phi) is 2.68. The van der Waals surface area contributed by atoms with Gasteiger partial charge in [-0.25, -0.2) is 4.79 Å². The molecule has 2 aliphatic heterocycles. The third-order valence-corrected chi connectivity index (χ3v) is 2.60. The summed E-state index contributed by atoms with van der Waals surface area (Å²) < 4.78 is 10.4. The third-order valence-electron chi connectivity index (χ3n) is 2.60. The normalized spacial score (nSPS) is 34.0. The van der Waals surface area contributed by atoms with Gasteiger partial charge in [0.2, 0.25) is 0 Å². The standard InChI is InChI=1S/C9H15NO3/c11-9-10-5-8(13-9)4-7-2-1-3-12-6-7/h7-8H,1-6H2,(H,10,11). The van der Waals surface area contributed by atoms with Crippen molar-refractivity contribution in [2.45, 2.75) is 25.4 Å². The molecule has 0 aromatic carbocycles. The Morgan fingerprint density at radius 3 is 3.08 bits per heavy atom. The second-order valence-electron chi connectivity index (χ2n) is 3.73. The van der Waals surface area contributed by atoms with Crippen molar-refractivity contribution < 1.29 is 14.3 Å². The van der Waals surface area contributed by atoms with E-state index < -0.39 is 0 Å². The highest BCUT2D eigenvalue weighted by atomic mass is 16.6. The Bertz CT molecular complexity index is 189. The van der Waals surface area contributed by atoms with Crippen LogP contribution in [0.2, 0.25) is 0 Å². The minimum absolute atomic E-state index is 0.0687. The average Bonchev–Trinajstić information content (AvgIpc) is 2.53. The van der Waals surface area contributed by atoms with Crippen LogP contribution in [0.4, 0.5) is 4.79 Å². The highest BCUT2D eigenvalue weighted by molar-refractivity contribution is 5.69. The van der Waals surface area contributed by atoms with Gasteiger partial charge in [-0.05, 0) is 25.2 Å². The van der Waals surface area contributed by atoms with Crippen molar-refractivity contribution in [2.24, 2.45) is 5.92 Å². The van der Waals surface area contributed by atoms with Crippen LogP contribution in [0.15, 0.2) is 0 Å². The lowest BCUT2D eigenvalue weighted by molar-refractivity contribution is 0.0330. The molecule has 2 saturated heterocycles. The number of alkyl carbamates (subject to hydrolysis) is 1. The maximum absolute atomic E-state index is 10.7. The summed E-state index contributed by atoms with van der Waals surface area (Å²) in [6.07, 6.45) is 3.08. The van der Waals surface area contributed by atoms with Crippen LogP contribution in [0.3, 0.4) is 0 Å². The Balaban J connectivity index is 1.73. The smallest absolute Gasteiger partial charge is 0.407 e. The number of carbonyl (C=O) groups is 1. The molecule has 2 rings (SSSR count). The van der Waals surface area contributed by atoms with Gasteiger partial charge in [-0.2, -0.15) is 0 Å². The van der Waals surface area contributed by atoms with E-state index in [0.717, 1.165) is 26.1 Å². The second-order valence-corrected chi connectivity index (χ2v) is 3.73. The molecule has 2 fully saturated rings. The first-order chi connectivity index (χ1) is 6.34. The SMILES string of the molecule is O=C1NCC(CC2CCCOC2)O1. The van der Waals surface area contributed by atoms with Gasteiger partial charge in [0.15, 0.2) is 0 Å². The molecular weight excluding hydrogens is 170 g/mol. The number of cyclic esters (lactones) is 1. The molecule has 4 heteroatoms. The van der Waals surface area contributed by atoms with Gasteiger partial charge < -0.3 is 14.8 Å². The van der Waals surface area contributed by atoms with Crippen molar-refractivity contribution >= 4 is 6.09 Å². The molecule has 4 nitrogen and oxygen atoms in total. The van der Waals surface area contributed by atoms with E-state index in [1.54, 1.807) is 0 Å². The van der Waals surface area contributed by atoms with Gasteiger partial charge in [0.25, 0.3) is 0 Å². The van der Waals surface area contributed by atoms with E-state index in [-0.39, 0.29) is 12.2 Å². The Labute approximate surface area is 77.6 Å². The van der Waals surface area contributed by atoms with Crippen LogP contribution in [0.25, 0.3) is 0 Å². The summed E-state index contributed by atoms with van der Waals surface area (Å²) >= 11 is 0. The summed E-state index contributed by atoms with van der Waals surface area (Å²) in [5, 5.41) is 2.66. The number of nitrogens with one attached hydrogen (secondary N) is 1. The summed E-state index contributed by atoms with van der Waals surface area (Å²) in [4.78, 5) is 10.7. The van der Waals surface area contributed by atoms with Crippen LogP contribution in [0.5, 0.6) is 0 Å². The molecule has 1 amide bonds. The number of hydrogen-bond acceptors (Lipinski definition) is 3. The van der Waals surface area contributed by atoms with Gasteiger partial charge in [-0.3, -0.25) is 0 Å². The summed E-state index contributed by atoms with van der Waals surface area (Å²) in [7, 11) is 0. The first kappa shape index (κ1) is 8.81. The summed E-state index contributed by atoms with van der Waals surface area (Å²) in [5.74, 6) is 0.575. The molecule has 13 heavy (non-hydrogen) atoms. The Hall–Kier alpha value is -0.770. The molecule has 2 unspecified atom stereocenters. The Morgan fingerprint density at radius 1 is 1.54 bits per heavy atom. The molecule has 2 aliphatic rings. The second kappa shape index (κ2) is 3.96. The van der Waals surface area contributed by atoms with Gasteiger partial charge in [-0.1, -0.05) is 0 Å². The monoisotopic (exact) mass is 185 g/mol. The van der Waals surface area contributed by atoms with Crippen LogP contribution in [0, 0.1) is 5.92 Å². The van der Waals surface area contributed by atoms with E-state index in [4.69, 9.17) is 9.47 Å². The maximum atomic E-state index is 10.7. The van der Waals surface area contributed by atoms with Crippen LogP contribution in [-0.2, 0) is 9.47 Å². The third kappa shape index (κ3) is 2.34. The van der Waals surface area contributed by atoms with E-state index in [0.29, 0.717) is 12.5 Å². The van der Waals surface area contributed by atoms with Crippen molar-refractivity contribution in [2.75, 3.05) is 19.8 Å². The highest BCUT2D eigenvalue weighted by Crippen LogP contribution is 2.21. The number of hydrogen-bond donors (Lipinski definition) is 1. The zero-order valence-electron chi connectivity index (χ0n) is 7.62. The van der Waals surface area contributed by atoms with Crippen molar-refractivity contribution in [1.29, 1.82) is 0 Å². The topological polar surface area (TPSA) is 47.6 Å². The van der Waals surface area contributed by atoms with Crippen LogP contribution < -0.4 is 5.32 Å². The van der Waals surface area contributed by atoms with Crippen molar-refractivity contribution in [3.8, 4) is 0 Å². The van der Waals surface area contributed by atoms with Gasteiger partial charge >= 0.3 is 6.09 Å². The number of amides is 1. The fourth-order valence-corrected chi connectivity index (χ4v) is 1.93. The molecule has 2 heterocycles. The zero-order chi connectivity index (χ0) is 9.10. The summed E-state index contributed by atoms with van der Waals surface area (Å²) in [6.45, 7) is 2.38. The largest absolute Gasteiger partial charge is 0.444 e. The van der Waals surface area contributed by atoms with Crippen LogP contribution in [0.1, 0.15) is 19.3 Å². The fraction of sp³-hybridized carbons (Fsp3) is 0.889. The lowest BCUT2D eigenvalue weighted by Gasteiger charge is -2.23. The molecule has 74 valence electrons. The summed E-state index contributed by atoms with van der Waals surface area (Å²) in [6, 6.07) is 0. The van der Waals surface area contributed by atoms with Gasteiger partial charge in [0, 0.05) is 13.2 Å². The molecule has 2 atom stereocenters. The first-order valence-corrected chi connectivity index (χ1v) is 4.87. The lowest BCUT2D eigenvalue weighted by atomic mass is 9.96. The molecule has 0 aliphatic carbocycles. The van der Waals surface area contributed by atoms with Crippen molar-refractivity contribution in [3.05, 3.63) is 0 Å². The molecule has 0 bridgehead atoms. The predicted octanol–water partition coefficient (Wildman–Crippen LogP) is 0.911. The Morgan fingerprint density at radius 2 is 2.46 bits per heavy atom. The lowest BCUT2D eigenvalue weighted by Crippen LogP contribution is -2.24. The summed E-state index contributed by atoms with van der Waals surface area (Å²) in [5.41, 5.74) is 0. The van der Waals surface area contributed by atoms with E-state index in [9.17, 15) is 4.79 Å². The molecule has 0 saturated carbocycles. The molecular formula is C9H15NO3. The average molecular weight is 185 g/mol. The maximum Gasteiger partial charge on any atom is 0.407 e. The van der Waals surface area contributed by atoms with Gasteiger partial charge in [0.05, 0.1) is 6.54 Å². The molecule has 0 spiro atoms. The van der Waals surface area contributed by atoms with Crippen LogP contribution in [-0.4, -0.2) is 32.0 Å². The van der Waals surface area contributed by atoms with E-state index in [1.807, 2.05) is 0 Å². The molecule has 0 radical (unpaired) electrons. The van der Waals surface area contributed by atoms with Gasteiger partial charge in [0.1, 0.15) is 6.10 Å². The molecule has 1 N–H and O–H groups in total. The number of rotatable bonds is 2.